The van der Waals surface area contributed by atoms with Crippen molar-refractivity contribution in [2.75, 3.05) is 26.0 Å². The summed E-state index contributed by atoms with van der Waals surface area (Å²) in [6.07, 6.45) is 0. The molecular weight excluding hydrogens is 276 g/mol. The van der Waals surface area contributed by atoms with Crippen molar-refractivity contribution in [3.8, 4) is 0 Å². The molecule has 1 heterocycles. The van der Waals surface area contributed by atoms with Crippen LogP contribution in [0.15, 0.2) is 58.3 Å². The molecule has 2 nitrogen and oxygen atoms in total. The van der Waals surface area contributed by atoms with E-state index in [0.717, 1.165) is 4.48 Å². The van der Waals surface area contributed by atoms with Gasteiger partial charge in [0.1, 0.15) is 0 Å². The highest BCUT2D eigenvalue weighted by atomic mass is 32.2. The van der Waals surface area contributed by atoms with Crippen LogP contribution in [-0.4, -0.2) is 31.3 Å². The molecule has 0 unspecified atom stereocenters. The van der Waals surface area contributed by atoms with E-state index in [1.165, 1.54) is 21.2 Å². The zero-order valence-electron chi connectivity index (χ0n) is 13.4. The van der Waals surface area contributed by atoms with Gasteiger partial charge in [-0.3, -0.25) is 4.90 Å². The topological polar surface area (TPSA) is 3.24 Å². The van der Waals surface area contributed by atoms with Gasteiger partial charge in [0.25, 0.3) is 0 Å². The van der Waals surface area contributed by atoms with Crippen LogP contribution in [-0.2, 0) is 0 Å². The van der Waals surface area contributed by atoms with Gasteiger partial charge in [-0.1, -0.05) is 36.0 Å². The molecule has 0 saturated heterocycles. The van der Waals surface area contributed by atoms with Crippen LogP contribution in [0.1, 0.15) is 13.8 Å². The maximum absolute atomic E-state index is 2.49. The van der Waals surface area contributed by atoms with Crippen LogP contribution < -0.4 is 4.90 Å². The molecule has 0 spiro atoms. The SMILES string of the molecule is CC(C)(N1c2ccccc2Sc2ccccc21)[N+](C)(C)C. The molecule has 1 aliphatic rings. The average molecular weight is 299 g/mol. The second kappa shape index (κ2) is 4.79. The van der Waals surface area contributed by atoms with Crippen molar-refractivity contribution in [3.05, 3.63) is 48.5 Å². The molecule has 0 aliphatic carbocycles. The normalized spacial score (nSPS) is 14.6. The van der Waals surface area contributed by atoms with Crippen LogP contribution in [0, 0.1) is 0 Å². The second-order valence-corrected chi connectivity index (χ2v) is 7.96. The van der Waals surface area contributed by atoms with E-state index >= 15 is 0 Å². The van der Waals surface area contributed by atoms with Crippen LogP contribution in [0.2, 0.25) is 0 Å². The summed E-state index contributed by atoms with van der Waals surface area (Å²) in [6.45, 7) is 4.63. The lowest BCUT2D eigenvalue weighted by atomic mass is 10.1. The molecule has 2 aromatic carbocycles. The van der Waals surface area contributed by atoms with Crippen molar-refractivity contribution in [2.24, 2.45) is 0 Å². The number of para-hydroxylation sites is 2. The first-order chi connectivity index (χ1) is 9.82. The Morgan fingerprint density at radius 1 is 0.810 bits per heavy atom. The van der Waals surface area contributed by atoms with E-state index in [9.17, 15) is 0 Å². The maximum Gasteiger partial charge on any atom is 0.172 e. The van der Waals surface area contributed by atoms with Gasteiger partial charge in [0.15, 0.2) is 5.66 Å². The first kappa shape index (κ1) is 14.5. The van der Waals surface area contributed by atoms with E-state index in [1.54, 1.807) is 0 Å². The van der Waals surface area contributed by atoms with E-state index < -0.39 is 0 Å². The molecule has 0 radical (unpaired) electrons. The van der Waals surface area contributed by atoms with Crippen molar-refractivity contribution in [2.45, 2.75) is 29.3 Å². The minimum Gasteiger partial charge on any atom is -0.309 e. The Kier molecular flexibility index (Phi) is 3.30. The Hall–Kier alpha value is -1.45. The Morgan fingerprint density at radius 2 is 1.24 bits per heavy atom. The third-order valence-electron chi connectivity index (χ3n) is 4.62. The number of quaternary nitrogens is 1. The Balaban J connectivity index is 2.25. The largest absolute Gasteiger partial charge is 0.309 e. The van der Waals surface area contributed by atoms with Gasteiger partial charge in [0, 0.05) is 23.6 Å². The summed E-state index contributed by atoms with van der Waals surface area (Å²) in [5.74, 6) is 0. The van der Waals surface area contributed by atoms with Crippen molar-refractivity contribution in [1.29, 1.82) is 0 Å². The van der Waals surface area contributed by atoms with Gasteiger partial charge < -0.3 is 4.48 Å². The van der Waals surface area contributed by atoms with E-state index in [1.807, 2.05) is 11.8 Å². The fraction of sp³-hybridized carbons (Fsp3) is 0.333. The van der Waals surface area contributed by atoms with Gasteiger partial charge in [-0.25, -0.2) is 0 Å². The van der Waals surface area contributed by atoms with Crippen molar-refractivity contribution in [1.82, 2.24) is 0 Å². The third kappa shape index (κ3) is 2.25. The lowest BCUT2D eigenvalue weighted by Crippen LogP contribution is -2.62. The number of hydrogen-bond donors (Lipinski definition) is 0. The third-order valence-corrected chi connectivity index (χ3v) is 5.75. The molecule has 0 fully saturated rings. The molecule has 3 rings (SSSR count). The van der Waals surface area contributed by atoms with Gasteiger partial charge in [-0.2, -0.15) is 0 Å². The Labute approximate surface area is 132 Å². The number of anilines is 2. The number of fused-ring (bicyclic) bond motifs is 2. The molecule has 3 heteroatoms. The second-order valence-electron chi connectivity index (χ2n) is 6.88. The molecular formula is C18H23N2S+. The summed E-state index contributed by atoms with van der Waals surface area (Å²) in [5, 5.41) is 0. The first-order valence-electron chi connectivity index (χ1n) is 7.30. The average Bonchev–Trinajstić information content (AvgIpc) is 2.43. The minimum atomic E-state index is -0.0484. The van der Waals surface area contributed by atoms with E-state index in [0.29, 0.717) is 0 Å². The molecule has 0 N–H and O–H groups in total. The highest BCUT2D eigenvalue weighted by Gasteiger charge is 2.43. The number of rotatable bonds is 2. The van der Waals surface area contributed by atoms with Gasteiger partial charge in [-0.05, 0) is 24.3 Å². The Bertz CT molecular complexity index is 625. The Morgan fingerprint density at radius 3 is 1.67 bits per heavy atom. The van der Waals surface area contributed by atoms with Crippen LogP contribution in [0.3, 0.4) is 0 Å². The molecule has 0 bridgehead atoms. The molecule has 0 atom stereocenters. The zero-order chi connectivity index (χ0) is 15.3. The van der Waals surface area contributed by atoms with E-state index in [4.69, 9.17) is 0 Å². The highest BCUT2D eigenvalue weighted by Crippen LogP contribution is 2.51. The summed E-state index contributed by atoms with van der Waals surface area (Å²) in [5.41, 5.74) is 2.56. The molecule has 0 amide bonds. The lowest BCUT2D eigenvalue weighted by Gasteiger charge is -2.51. The van der Waals surface area contributed by atoms with E-state index in [-0.39, 0.29) is 5.66 Å². The molecule has 21 heavy (non-hydrogen) atoms. The van der Waals surface area contributed by atoms with Crippen LogP contribution >= 0.6 is 11.8 Å². The minimum absolute atomic E-state index is 0.0484. The maximum atomic E-state index is 2.49. The number of hydrogen-bond acceptors (Lipinski definition) is 2. The fourth-order valence-corrected chi connectivity index (χ4v) is 3.65. The van der Waals surface area contributed by atoms with Gasteiger partial charge in [0.05, 0.1) is 32.5 Å². The molecule has 1 aliphatic heterocycles. The molecule has 110 valence electrons. The summed E-state index contributed by atoms with van der Waals surface area (Å²) in [6, 6.07) is 17.4. The van der Waals surface area contributed by atoms with Gasteiger partial charge >= 0.3 is 0 Å². The predicted molar refractivity (Wildman–Crippen MR) is 91.3 cm³/mol. The van der Waals surface area contributed by atoms with Gasteiger partial charge in [0.2, 0.25) is 0 Å². The smallest absolute Gasteiger partial charge is 0.172 e. The molecule has 0 aromatic heterocycles. The quantitative estimate of drug-likeness (QED) is 0.737. The van der Waals surface area contributed by atoms with Crippen molar-refractivity contribution in [3.63, 3.8) is 0 Å². The number of benzene rings is 2. The zero-order valence-corrected chi connectivity index (χ0v) is 14.2. The monoisotopic (exact) mass is 299 g/mol. The fourth-order valence-electron chi connectivity index (χ4n) is 2.59. The van der Waals surface area contributed by atoms with Crippen LogP contribution in [0.25, 0.3) is 0 Å². The lowest BCUT2D eigenvalue weighted by molar-refractivity contribution is -0.918. The van der Waals surface area contributed by atoms with E-state index in [2.05, 4.69) is 88.4 Å². The van der Waals surface area contributed by atoms with Crippen molar-refractivity contribution >= 4 is 23.1 Å². The molecule has 2 aromatic rings. The summed E-state index contributed by atoms with van der Waals surface area (Å²) < 4.78 is 0.861. The van der Waals surface area contributed by atoms with Crippen molar-refractivity contribution < 1.29 is 4.48 Å². The van der Waals surface area contributed by atoms with Crippen LogP contribution in [0.5, 0.6) is 0 Å². The van der Waals surface area contributed by atoms with Gasteiger partial charge in [-0.15, -0.1) is 0 Å². The first-order valence-corrected chi connectivity index (χ1v) is 8.12. The number of nitrogens with zero attached hydrogens (tertiary/aromatic N) is 2. The molecule has 0 saturated carbocycles. The van der Waals surface area contributed by atoms with Crippen LogP contribution in [0.4, 0.5) is 11.4 Å². The summed E-state index contributed by atoms with van der Waals surface area (Å²) in [4.78, 5) is 5.16. The highest BCUT2D eigenvalue weighted by molar-refractivity contribution is 7.99. The predicted octanol–water partition coefficient (Wildman–Crippen LogP) is 4.73. The summed E-state index contributed by atoms with van der Waals surface area (Å²) in [7, 11) is 6.77. The summed E-state index contributed by atoms with van der Waals surface area (Å²) >= 11 is 1.86. The standard InChI is InChI=1S/C18H23N2S/c1-18(2,20(3,4)5)19-14-10-6-8-12-16(14)21-17-13-9-7-11-15(17)19/h6-13H,1-5H3/q+1.